The van der Waals surface area contributed by atoms with Crippen molar-refractivity contribution in [3.63, 3.8) is 0 Å². The molecule has 4 aromatic rings. The second kappa shape index (κ2) is 9.52. The van der Waals surface area contributed by atoms with Crippen molar-refractivity contribution in [2.45, 2.75) is 12.3 Å². The maximum Gasteiger partial charge on any atom is 0.0688 e. The van der Waals surface area contributed by atoms with Gasteiger partial charge in [-0.1, -0.05) is 109 Å². The molecule has 0 fully saturated rings. The van der Waals surface area contributed by atoms with Crippen molar-refractivity contribution in [3.05, 3.63) is 138 Å². The third-order valence-corrected chi connectivity index (χ3v) is 5.00. The maximum atomic E-state index is 4.82. The number of benzene rings is 4. The first kappa shape index (κ1) is 18.7. The van der Waals surface area contributed by atoms with E-state index in [1.54, 1.807) is 0 Å². The highest BCUT2D eigenvalue weighted by Gasteiger charge is 2.18. The van der Waals surface area contributed by atoms with E-state index in [1.807, 2.05) is 36.4 Å². The Labute approximate surface area is 172 Å². The molecule has 0 heterocycles. The summed E-state index contributed by atoms with van der Waals surface area (Å²) in [6.45, 7) is 0. The lowest BCUT2D eigenvalue weighted by molar-refractivity contribution is 0.853. The van der Waals surface area contributed by atoms with Gasteiger partial charge in [0.2, 0.25) is 0 Å². The monoisotopic (exact) mass is 376 g/mol. The van der Waals surface area contributed by atoms with Gasteiger partial charge in [-0.05, 0) is 28.8 Å². The smallest absolute Gasteiger partial charge is 0.0688 e. The first-order chi connectivity index (χ1) is 14.4. The van der Waals surface area contributed by atoms with Gasteiger partial charge in [-0.25, -0.2) is 0 Å². The van der Waals surface area contributed by atoms with E-state index in [9.17, 15) is 0 Å². The van der Waals surface area contributed by atoms with E-state index in [0.717, 1.165) is 23.4 Å². The van der Waals surface area contributed by atoms with E-state index in [1.165, 1.54) is 11.1 Å². The van der Waals surface area contributed by atoms with Gasteiger partial charge in [-0.2, -0.15) is 5.10 Å². The standard InChI is InChI=1S/C27H24N2/c1-5-13-22(14-6-1)26(23-15-7-2-8-16-23)21-27(24-17-9-3-10-18-24)29-28-25-19-11-4-12-20-25/h1-20,26,28H,21H2/b29-27-. The fourth-order valence-corrected chi connectivity index (χ4v) is 3.50. The first-order valence-electron chi connectivity index (χ1n) is 9.93. The Morgan fingerprint density at radius 3 is 1.55 bits per heavy atom. The van der Waals surface area contributed by atoms with Gasteiger partial charge in [0.15, 0.2) is 0 Å². The van der Waals surface area contributed by atoms with Crippen molar-refractivity contribution in [2.75, 3.05) is 5.43 Å². The molecule has 142 valence electrons. The van der Waals surface area contributed by atoms with E-state index in [2.05, 4.69) is 90.4 Å². The number of rotatable bonds is 7. The molecule has 4 rings (SSSR count). The average Bonchev–Trinajstić information content (AvgIpc) is 2.82. The topological polar surface area (TPSA) is 24.4 Å². The van der Waals surface area contributed by atoms with Gasteiger partial charge in [0.25, 0.3) is 0 Å². The molecular formula is C27H24N2. The Kier molecular flexibility index (Phi) is 6.14. The van der Waals surface area contributed by atoms with Crippen LogP contribution in [0.5, 0.6) is 0 Å². The summed E-state index contributed by atoms with van der Waals surface area (Å²) in [5.74, 6) is 0.230. The highest BCUT2D eigenvalue weighted by molar-refractivity contribution is 6.01. The van der Waals surface area contributed by atoms with Crippen LogP contribution in [0, 0.1) is 0 Å². The minimum atomic E-state index is 0.230. The van der Waals surface area contributed by atoms with Crippen molar-refractivity contribution >= 4 is 11.4 Å². The van der Waals surface area contributed by atoms with Crippen LogP contribution in [0.15, 0.2) is 126 Å². The van der Waals surface area contributed by atoms with Crippen LogP contribution in [-0.4, -0.2) is 5.71 Å². The molecule has 0 amide bonds. The molecule has 4 aromatic carbocycles. The minimum Gasteiger partial charge on any atom is -0.278 e. The molecule has 0 atom stereocenters. The molecule has 0 radical (unpaired) electrons. The number of nitrogens with zero attached hydrogens (tertiary/aromatic N) is 1. The van der Waals surface area contributed by atoms with Crippen LogP contribution in [0.1, 0.15) is 29.0 Å². The number of anilines is 1. The third kappa shape index (κ3) is 4.99. The molecule has 0 aliphatic rings. The summed E-state index contributed by atoms with van der Waals surface area (Å²) in [6, 6.07) is 41.8. The predicted octanol–water partition coefficient (Wildman–Crippen LogP) is 6.73. The lowest BCUT2D eigenvalue weighted by atomic mass is 9.85. The Morgan fingerprint density at radius 2 is 1.03 bits per heavy atom. The number of para-hydroxylation sites is 1. The van der Waals surface area contributed by atoms with Gasteiger partial charge in [-0.3, -0.25) is 5.43 Å². The van der Waals surface area contributed by atoms with E-state index in [0.29, 0.717) is 0 Å². The SMILES string of the molecule is c1ccc(N/N=C(/CC(c2ccccc2)c2ccccc2)c2ccccc2)cc1. The number of hydrogen-bond acceptors (Lipinski definition) is 2. The molecule has 0 aliphatic carbocycles. The Hall–Kier alpha value is -3.65. The predicted molar refractivity (Wildman–Crippen MR) is 122 cm³/mol. The Balaban J connectivity index is 1.70. The van der Waals surface area contributed by atoms with Crippen LogP contribution in [-0.2, 0) is 0 Å². The van der Waals surface area contributed by atoms with Crippen molar-refractivity contribution in [3.8, 4) is 0 Å². The first-order valence-corrected chi connectivity index (χ1v) is 9.93. The van der Waals surface area contributed by atoms with Crippen molar-refractivity contribution in [1.29, 1.82) is 0 Å². The maximum absolute atomic E-state index is 4.82. The fraction of sp³-hybridized carbons (Fsp3) is 0.0741. The van der Waals surface area contributed by atoms with Gasteiger partial charge < -0.3 is 0 Å². The summed E-state index contributed by atoms with van der Waals surface area (Å²) < 4.78 is 0. The molecule has 0 bridgehead atoms. The molecule has 0 aromatic heterocycles. The summed E-state index contributed by atoms with van der Waals surface area (Å²) in [7, 11) is 0. The second-order valence-corrected chi connectivity index (χ2v) is 6.98. The highest BCUT2D eigenvalue weighted by atomic mass is 15.3. The zero-order valence-electron chi connectivity index (χ0n) is 16.3. The van der Waals surface area contributed by atoms with Crippen molar-refractivity contribution in [1.82, 2.24) is 0 Å². The molecular weight excluding hydrogens is 352 g/mol. The molecule has 0 aliphatic heterocycles. The van der Waals surface area contributed by atoms with E-state index < -0.39 is 0 Å². The van der Waals surface area contributed by atoms with Gasteiger partial charge >= 0.3 is 0 Å². The third-order valence-electron chi connectivity index (χ3n) is 5.00. The molecule has 0 saturated carbocycles. The summed E-state index contributed by atoms with van der Waals surface area (Å²) in [5, 5.41) is 4.82. The fourth-order valence-electron chi connectivity index (χ4n) is 3.50. The van der Waals surface area contributed by atoms with Gasteiger partial charge in [0.1, 0.15) is 0 Å². The summed E-state index contributed by atoms with van der Waals surface area (Å²) in [6.07, 6.45) is 0.803. The van der Waals surface area contributed by atoms with Gasteiger partial charge in [0.05, 0.1) is 11.4 Å². The van der Waals surface area contributed by atoms with Crippen LogP contribution < -0.4 is 5.43 Å². The second-order valence-electron chi connectivity index (χ2n) is 6.98. The normalized spacial score (nSPS) is 11.4. The lowest BCUT2D eigenvalue weighted by Crippen LogP contribution is -2.12. The van der Waals surface area contributed by atoms with Crippen LogP contribution >= 0.6 is 0 Å². The van der Waals surface area contributed by atoms with Crippen LogP contribution in [0.4, 0.5) is 5.69 Å². The molecule has 2 heteroatoms. The van der Waals surface area contributed by atoms with E-state index in [-0.39, 0.29) is 5.92 Å². The summed E-state index contributed by atoms with van der Waals surface area (Å²) in [4.78, 5) is 0. The zero-order valence-corrected chi connectivity index (χ0v) is 16.3. The average molecular weight is 377 g/mol. The summed E-state index contributed by atoms with van der Waals surface area (Å²) in [5.41, 5.74) is 8.98. The van der Waals surface area contributed by atoms with Crippen LogP contribution in [0.2, 0.25) is 0 Å². The number of nitrogens with one attached hydrogen (secondary N) is 1. The quantitative estimate of drug-likeness (QED) is 0.281. The van der Waals surface area contributed by atoms with Crippen molar-refractivity contribution < 1.29 is 0 Å². The molecule has 1 N–H and O–H groups in total. The van der Waals surface area contributed by atoms with Gasteiger partial charge in [0, 0.05) is 12.3 Å². The largest absolute Gasteiger partial charge is 0.278 e. The molecule has 0 saturated heterocycles. The van der Waals surface area contributed by atoms with E-state index in [4.69, 9.17) is 5.10 Å². The zero-order chi connectivity index (χ0) is 19.7. The van der Waals surface area contributed by atoms with Crippen LogP contribution in [0.3, 0.4) is 0 Å². The summed E-state index contributed by atoms with van der Waals surface area (Å²) >= 11 is 0. The minimum absolute atomic E-state index is 0.230. The highest BCUT2D eigenvalue weighted by Crippen LogP contribution is 2.29. The van der Waals surface area contributed by atoms with Crippen molar-refractivity contribution in [2.24, 2.45) is 5.10 Å². The Bertz CT molecular complexity index is 987. The number of hydrazone groups is 1. The molecule has 29 heavy (non-hydrogen) atoms. The number of hydrogen-bond donors (Lipinski definition) is 1. The van der Waals surface area contributed by atoms with E-state index >= 15 is 0 Å². The van der Waals surface area contributed by atoms with Gasteiger partial charge in [-0.15, -0.1) is 0 Å². The van der Waals surface area contributed by atoms with Crippen LogP contribution in [0.25, 0.3) is 0 Å². The molecule has 2 nitrogen and oxygen atoms in total. The lowest BCUT2D eigenvalue weighted by Gasteiger charge is -2.20. The molecule has 0 unspecified atom stereocenters. The molecule has 0 spiro atoms. The Morgan fingerprint density at radius 1 is 0.586 bits per heavy atom.